The molecule has 0 aliphatic carbocycles. The van der Waals surface area contributed by atoms with Crippen LogP contribution >= 0.6 is 46.7 Å². The summed E-state index contributed by atoms with van der Waals surface area (Å²) in [6.45, 7) is 0. The third-order valence-corrected chi connectivity index (χ3v) is 6.16. The molecule has 0 aromatic carbocycles. The molecule has 4 rings (SSSR count). The summed E-state index contributed by atoms with van der Waals surface area (Å²) in [5.74, 6) is -0.136. The quantitative estimate of drug-likeness (QED) is 0.483. The number of hydrogen-bond acceptors (Lipinski definition) is 7. The second kappa shape index (κ2) is 6.56. The zero-order valence-corrected chi connectivity index (χ0v) is 15.3. The molecule has 8 heteroatoms. The highest BCUT2D eigenvalue weighted by Crippen LogP contribution is 2.36. The van der Waals surface area contributed by atoms with Gasteiger partial charge in [0.1, 0.15) is 5.01 Å². The number of thiocarbonyl (C=S) groups is 1. The Morgan fingerprint density at radius 1 is 1.25 bits per heavy atom. The number of pyridine rings is 1. The van der Waals surface area contributed by atoms with Gasteiger partial charge in [-0.1, -0.05) is 24.0 Å². The van der Waals surface area contributed by atoms with Crippen LogP contribution in [-0.2, 0) is 4.79 Å². The van der Waals surface area contributed by atoms with Crippen LogP contribution in [0.4, 0.5) is 5.69 Å². The monoisotopic (exact) mass is 387 g/mol. The average molecular weight is 388 g/mol. The second-order valence-corrected chi connectivity index (χ2v) is 8.13. The number of carbonyl (C=O) groups is 1. The van der Waals surface area contributed by atoms with E-state index >= 15 is 0 Å². The van der Waals surface area contributed by atoms with Crippen molar-refractivity contribution in [2.75, 3.05) is 4.90 Å². The average Bonchev–Trinajstić information content (AvgIpc) is 3.31. The molecule has 1 fully saturated rings. The first-order valence-electron chi connectivity index (χ1n) is 6.88. The number of thiazole rings is 1. The number of rotatable bonds is 3. The van der Waals surface area contributed by atoms with Crippen molar-refractivity contribution >= 4 is 68.6 Å². The van der Waals surface area contributed by atoms with Gasteiger partial charge in [-0.25, -0.2) is 4.98 Å². The van der Waals surface area contributed by atoms with Crippen LogP contribution in [0.15, 0.2) is 51.6 Å². The highest BCUT2D eigenvalue weighted by molar-refractivity contribution is 8.27. The first-order chi connectivity index (χ1) is 11.7. The minimum atomic E-state index is -0.136. The molecule has 0 unspecified atom stereocenters. The van der Waals surface area contributed by atoms with Crippen LogP contribution in [0, 0.1) is 0 Å². The lowest BCUT2D eigenvalue weighted by atomic mass is 10.3. The molecule has 1 saturated heterocycles. The van der Waals surface area contributed by atoms with Crippen LogP contribution in [0.1, 0.15) is 5.69 Å². The summed E-state index contributed by atoms with van der Waals surface area (Å²) in [5, 5.41) is 6.98. The summed E-state index contributed by atoms with van der Waals surface area (Å²) in [5.41, 5.74) is 2.56. The minimum absolute atomic E-state index is 0.136. The summed E-state index contributed by atoms with van der Waals surface area (Å²) >= 11 is 9.83. The van der Waals surface area contributed by atoms with Gasteiger partial charge in [-0.15, -0.1) is 11.3 Å². The molecule has 0 saturated carbocycles. The molecule has 4 nitrogen and oxygen atoms in total. The number of nitrogens with zero attached hydrogens (tertiary/aromatic N) is 3. The first kappa shape index (κ1) is 15.6. The Morgan fingerprint density at radius 3 is 2.92 bits per heavy atom. The van der Waals surface area contributed by atoms with E-state index in [0.29, 0.717) is 14.9 Å². The lowest BCUT2D eigenvalue weighted by Gasteiger charge is -2.13. The molecule has 3 aromatic heterocycles. The van der Waals surface area contributed by atoms with E-state index in [1.807, 2.05) is 22.9 Å². The van der Waals surface area contributed by atoms with Gasteiger partial charge in [0.05, 0.1) is 22.5 Å². The molecule has 0 atom stereocenters. The van der Waals surface area contributed by atoms with Crippen LogP contribution in [0.3, 0.4) is 0 Å². The summed E-state index contributed by atoms with van der Waals surface area (Å²) in [6, 6.07) is 5.64. The molecule has 1 aliphatic heterocycles. The summed E-state index contributed by atoms with van der Waals surface area (Å²) in [6.07, 6.45) is 5.09. The molecule has 3 aromatic rings. The van der Waals surface area contributed by atoms with Crippen LogP contribution in [0.5, 0.6) is 0 Å². The predicted octanol–water partition coefficient (Wildman–Crippen LogP) is 4.67. The van der Waals surface area contributed by atoms with Gasteiger partial charge in [0.15, 0.2) is 4.32 Å². The van der Waals surface area contributed by atoms with E-state index in [1.54, 1.807) is 47.2 Å². The van der Waals surface area contributed by atoms with E-state index in [1.165, 1.54) is 16.7 Å². The molecule has 4 heterocycles. The zero-order valence-electron chi connectivity index (χ0n) is 12.1. The van der Waals surface area contributed by atoms with Crippen molar-refractivity contribution in [1.29, 1.82) is 0 Å². The van der Waals surface area contributed by atoms with Crippen LogP contribution < -0.4 is 4.90 Å². The van der Waals surface area contributed by atoms with Gasteiger partial charge in [0.25, 0.3) is 5.91 Å². The SMILES string of the molecule is O=C1/C(=C\c2csc(-c3ccsc3)n2)SC(=S)N1c1cccnc1. The maximum atomic E-state index is 12.7. The van der Waals surface area contributed by atoms with Crippen molar-refractivity contribution in [3.63, 3.8) is 0 Å². The molecular weight excluding hydrogens is 378 g/mol. The van der Waals surface area contributed by atoms with Crippen molar-refractivity contribution in [1.82, 2.24) is 9.97 Å². The molecule has 1 amide bonds. The lowest BCUT2D eigenvalue weighted by molar-refractivity contribution is -0.113. The third kappa shape index (κ3) is 2.93. The topological polar surface area (TPSA) is 46.1 Å². The minimum Gasteiger partial charge on any atom is -0.268 e. The summed E-state index contributed by atoms with van der Waals surface area (Å²) in [7, 11) is 0. The Labute approximate surface area is 155 Å². The molecule has 118 valence electrons. The van der Waals surface area contributed by atoms with Crippen molar-refractivity contribution in [2.24, 2.45) is 0 Å². The number of thiophene rings is 1. The van der Waals surface area contributed by atoms with Crippen molar-refractivity contribution in [3.05, 3.63) is 57.3 Å². The van der Waals surface area contributed by atoms with E-state index in [0.717, 1.165) is 16.3 Å². The van der Waals surface area contributed by atoms with Gasteiger partial charge < -0.3 is 0 Å². The normalized spacial score (nSPS) is 16.3. The highest BCUT2D eigenvalue weighted by Gasteiger charge is 2.33. The van der Waals surface area contributed by atoms with Crippen LogP contribution in [0.2, 0.25) is 0 Å². The fourth-order valence-corrected chi connectivity index (χ4v) is 4.95. The number of aromatic nitrogens is 2. The Hall–Kier alpha value is -1.87. The van der Waals surface area contributed by atoms with Gasteiger partial charge >= 0.3 is 0 Å². The number of hydrogen-bond donors (Lipinski definition) is 0. The second-order valence-electron chi connectivity index (χ2n) is 4.82. The van der Waals surface area contributed by atoms with E-state index in [9.17, 15) is 4.79 Å². The van der Waals surface area contributed by atoms with Crippen LogP contribution in [0.25, 0.3) is 16.6 Å². The number of anilines is 1. The van der Waals surface area contributed by atoms with Crippen molar-refractivity contribution in [2.45, 2.75) is 0 Å². The third-order valence-electron chi connectivity index (χ3n) is 3.27. The Bertz CT molecular complexity index is 931. The van der Waals surface area contributed by atoms with Gasteiger partial charge in [-0.3, -0.25) is 14.7 Å². The summed E-state index contributed by atoms with van der Waals surface area (Å²) < 4.78 is 0.507. The van der Waals surface area contributed by atoms with E-state index in [2.05, 4.69) is 15.3 Å². The maximum Gasteiger partial charge on any atom is 0.270 e. The van der Waals surface area contributed by atoms with Gasteiger partial charge in [-0.05, 0) is 29.7 Å². The van der Waals surface area contributed by atoms with Crippen molar-refractivity contribution < 1.29 is 4.79 Å². The highest BCUT2D eigenvalue weighted by atomic mass is 32.2. The largest absolute Gasteiger partial charge is 0.270 e. The summed E-state index contributed by atoms with van der Waals surface area (Å²) in [4.78, 5) is 23.4. The molecule has 1 aliphatic rings. The molecular formula is C16H9N3OS4. The molecule has 0 N–H and O–H groups in total. The smallest absolute Gasteiger partial charge is 0.268 e. The standard InChI is InChI=1S/C16H9N3OS4/c20-15-13(24-16(21)19(15)12-2-1-4-17-7-12)6-11-9-23-14(18-11)10-3-5-22-8-10/h1-9H/b13-6+. The number of carbonyl (C=O) groups excluding carboxylic acids is 1. The van der Waals surface area contributed by atoms with Crippen LogP contribution in [-0.4, -0.2) is 20.2 Å². The van der Waals surface area contributed by atoms with Crippen molar-refractivity contribution in [3.8, 4) is 10.6 Å². The molecule has 24 heavy (non-hydrogen) atoms. The Morgan fingerprint density at radius 2 is 2.17 bits per heavy atom. The molecule has 0 radical (unpaired) electrons. The zero-order chi connectivity index (χ0) is 16.5. The Kier molecular flexibility index (Phi) is 4.28. The first-order valence-corrected chi connectivity index (χ1v) is 9.93. The molecule has 0 spiro atoms. The van der Waals surface area contributed by atoms with Gasteiger partial charge in [-0.2, -0.15) is 11.3 Å². The van der Waals surface area contributed by atoms with Gasteiger partial charge in [0, 0.05) is 22.5 Å². The van der Waals surface area contributed by atoms with E-state index in [-0.39, 0.29) is 5.91 Å². The lowest BCUT2D eigenvalue weighted by Crippen LogP contribution is -2.27. The number of thioether (sulfide) groups is 1. The van der Waals surface area contributed by atoms with E-state index < -0.39 is 0 Å². The molecule has 0 bridgehead atoms. The predicted molar refractivity (Wildman–Crippen MR) is 105 cm³/mol. The fraction of sp³-hybridized carbons (Fsp3) is 0. The fourth-order valence-electron chi connectivity index (χ4n) is 2.18. The Balaban J connectivity index is 1.62. The maximum absolute atomic E-state index is 12.7. The van der Waals surface area contributed by atoms with Gasteiger partial charge in [0.2, 0.25) is 0 Å². The van der Waals surface area contributed by atoms with E-state index in [4.69, 9.17) is 12.2 Å². The number of amides is 1.